The molecule has 152 valence electrons. The second-order valence-electron chi connectivity index (χ2n) is 7.07. The van der Waals surface area contributed by atoms with Crippen LogP contribution in [0.4, 0.5) is 0 Å². The van der Waals surface area contributed by atoms with Gasteiger partial charge < -0.3 is 19.7 Å². The Labute approximate surface area is 174 Å². The lowest BCUT2D eigenvalue weighted by molar-refractivity contribution is -0.118. The number of hydrogen-bond acceptors (Lipinski definition) is 5. The molecule has 6 nitrogen and oxygen atoms in total. The van der Waals surface area contributed by atoms with Gasteiger partial charge in [0, 0.05) is 30.1 Å². The molecule has 7 heteroatoms. The van der Waals surface area contributed by atoms with Crippen LogP contribution in [-0.4, -0.2) is 48.8 Å². The van der Waals surface area contributed by atoms with Crippen molar-refractivity contribution in [3.8, 4) is 11.5 Å². The van der Waals surface area contributed by atoms with Crippen molar-refractivity contribution in [1.82, 2.24) is 10.2 Å². The first-order valence-electron chi connectivity index (χ1n) is 9.86. The fraction of sp³-hybridized carbons (Fsp3) is 0.364. The van der Waals surface area contributed by atoms with Crippen LogP contribution < -0.4 is 14.8 Å². The third kappa shape index (κ3) is 5.03. The van der Waals surface area contributed by atoms with E-state index < -0.39 is 0 Å². The smallest absolute Gasteiger partial charge is 0.253 e. The van der Waals surface area contributed by atoms with E-state index in [1.165, 1.54) is 11.8 Å². The number of likely N-dealkylation sites (tertiary alicyclic amines) is 1. The molecule has 0 bridgehead atoms. The van der Waals surface area contributed by atoms with Gasteiger partial charge in [0.1, 0.15) is 13.2 Å². The number of thioether (sulfide) groups is 1. The lowest BCUT2D eigenvalue weighted by Gasteiger charge is -2.18. The number of hydrogen-bond donors (Lipinski definition) is 1. The molecule has 2 heterocycles. The van der Waals surface area contributed by atoms with E-state index in [0.717, 1.165) is 47.9 Å². The molecule has 29 heavy (non-hydrogen) atoms. The molecule has 1 fully saturated rings. The molecule has 4 rings (SSSR count). The van der Waals surface area contributed by atoms with Gasteiger partial charge in [-0.25, -0.2) is 0 Å². The number of nitrogens with one attached hydrogen (secondary N) is 1. The third-order valence-corrected chi connectivity index (χ3v) is 5.96. The predicted molar refractivity (Wildman–Crippen MR) is 112 cm³/mol. The maximum atomic E-state index is 12.4. The molecule has 0 atom stereocenters. The van der Waals surface area contributed by atoms with Gasteiger partial charge in [0.15, 0.2) is 11.5 Å². The highest BCUT2D eigenvalue weighted by Gasteiger charge is 2.19. The zero-order valence-corrected chi connectivity index (χ0v) is 17.0. The van der Waals surface area contributed by atoms with Crippen LogP contribution in [0.5, 0.6) is 11.5 Å². The van der Waals surface area contributed by atoms with Crippen LogP contribution in [0, 0.1) is 0 Å². The number of fused-ring (bicyclic) bond motifs is 1. The number of carbonyl (C=O) groups excluding carboxylic acids is 2. The molecule has 0 aromatic heterocycles. The largest absolute Gasteiger partial charge is 0.486 e. The minimum atomic E-state index is -0.0397. The van der Waals surface area contributed by atoms with Crippen LogP contribution in [0.1, 0.15) is 28.8 Å². The average molecular weight is 413 g/mol. The van der Waals surface area contributed by atoms with Gasteiger partial charge in [0.2, 0.25) is 5.91 Å². The Kier molecular flexibility index (Phi) is 6.24. The Morgan fingerprint density at radius 3 is 2.45 bits per heavy atom. The summed E-state index contributed by atoms with van der Waals surface area (Å²) in [4.78, 5) is 27.4. The van der Waals surface area contributed by atoms with Crippen molar-refractivity contribution in [1.29, 1.82) is 0 Å². The fourth-order valence-electron chi connectivity index (χ4n) is 3.38. The fourth-order valence-corrected chi connectivity index (χ4v) is 4.14. The molecule has 0 unspecified atom stereocenters. The Morgan fingerprint density at radius 2 is 1.69 bits per heavy atom. The molecule has 1 saturated heterocycles. The van der Waals surface area contributed by atoms with Gasteiger partial charge in [0.25, 0.3) is 5.91 Å². The average Bonchev–Trinajstić information content (AvgIpc) is 3.31. The highest BCUT2D eigenvalue weighted by atomic mass is 32.2. The van der Waals surface area contributed by atoms with E-state index in [4.69, 9.17) is 9.47 Å². The molecule has 2 aliphatic heterocycles. The highest BCUT2D eigenvalue weighted by Crippen LogP contribution is 2.34. The Hall–Kier alpha value is -2.67. The van der Waals surface area contributed by atoms with Gasteiger partial charge in [-0.05, 0) is 48.7 Å². The first kappa shape index (κ1) is 19.6. The Balaban J connectivity index is 1.23. The number of carbonyl (C=O) groups is 2. The first-order valence-corrected chi connectivity index (χ1v) is 10.8. The Morgan fingerprint density at radius 1 is 0.966 bits per heavy atom. The van der Waals surface area contributed by atoms with Crippen LogP contribution in [-0.2, 0) is 11.3 Å². The topological polar surface area (TPSA) is 67.9 Å². The van der Waals surface area contributed by atoms with Crippen molar-refractivity contribution in [2.75, 3.05) is 32.1 Å². The van der Waals surface area contributed by atoms with Crippen molar-refractivity contribution in [2.45, 2.75) is 24.3 Å². The van der Waals surface area contributed by atoms with Gasteiger partial charge in [-0.1, -0.05) is 12.1 Å². The SMILES string of the molecule is O=C(CSc1ccc2c(c1)OCCO2)NCc1ccc(C(=O)N2CCCC2)cc1. The van der Waals surface area contributed by atoms with Crippen LogP contribution in [0.15, 0.2) is 47.4 Å². The molecule has 2 aromatic rings. The molecule has 1 N–H and O–H groups in total. The molecule has 2 aromatic carbocycles. The predicted octanol–water partition coefficient (Wildman–Crippen LogP) is 3.10. The van der Waals surface area contributed by atoms with E-state index in [-0.39, 0.29) is 11.8 Å². The van der Waals surface area contributed by atoms with Gasteiger partial charge in [-0.3, -0.25) is 9.59 Å². The number of rotatable bonds is 6. The highest BCUT2D eigenvalue weighted by molar-refractivity contribution is 8.00. The van der Waals surface area contributed by atoms with Crippen LogP contribution in [0.2, 0.25) is 0 Å². The van der Waals surface area contributed by atoms with Gasteiger partial charge in [0.05, 0.1) is 5.75 Å². The summed E-state index contributed by atoms with van der Waals surface area (Å²) in [6.45, 7) is 3.24. The second kappa shape index (κ2) is 9.22. The van der Waals surface area contributed by atoms with Crippen LogP contribution in [0.3, 0.4) is 0 Å². The summed E-state index contributed by atoms with van der Waals surface area (Å²) < 4.78 is 11.1. The van der Waals surface area contributed by atoms with E-state index in [1.54, 1.807) is 0 Å². The molecular formula is C22H24N2O4S. The molecule has 0 aliphatic carbocycles. The van der Waals surface area contributed by atoms with E-state index in [9.17, 15) is 9.59 Å². The first-order chi connectivity index (χ1) is 14.2. The minimum Gasteiger partial charge on any atom is -0.486 e. The molecule has 0 saturated carbocycles. The molecule has 0 radical (unpaired) electrons. The van der Waals surface area contributed by atoms with Crippen LogP contribution in [0.25, 0.3) is 0 Å². The summed E-state index contributed by atoms with van der Waals surface area (Å²) in [6, 6.07) is 13.2. The summed E-state index contributed by atoms with van der Waals surface area (Å²) in [5.74, 6) is 1.85. The Bertz CT molecular complexity index is 879. The second-order valence-corrected chi connectivity index (χ2v) is 8.12. The summed E-state index contributed by atoms with van der Waals surface area (Å²) in [5, 5.41) is 2.92. The van der Waals surface area contributed by atoms with Crippen molar-refractivity contribution in [3.63, 3.8) is 0 Å². The van der Waals surface area contributed by atoms with E-state index in [2.05, 4.69) is 5.32 Å². The number of amides is 2. The summed E-state index contributed by atoms with van der Waals surface area (Å²) >= 11 is 1.46. The van der Waals surface area contributed by atoms with E-state index >= 15 is 0 Å². The zero-order valence-electron chi connectivity index (χ0n) is 16.2. The quantitative estimate of drug-likeness (QED) is 0.739. The zero-order chi connectivity index (χ0) is 20.1. The summed E-state index contributed by atoms with van der Waals surface area (Å²) in [7, 11) is 0. The van der Waals surface area contributed by atoms with Gasteiger partial charge in [-0.2, -0.15) is 0 Å². The van der Waals surface area contributed by atoms with Crippen molar-refractivity contribution < 1.29 is 19.1 Å². The van der Waals surface area contributed by atoms with Gasteiger partial charge >= 0.3 is 0 Å². The minimum absolute atomic E-state index is 0.0397. The maximum Gasteiger partial charge on any atom is 0.253 e. The molecule has 2 aliphatic rings. The lowest BCUT2D eigenvalue weighted by atomic mass is 10.1. The standard InChI is InChI=1S/C22H24N2O4S/c25-21(15-29-18-7-8-19-20(13-18)28-12-11-27-19)23-14-16-3-5-17(6-4-16)22(26)24-9-1-2-10-24/h3-8,13H,1-2,9-12,14-15H2,(H,23,25). The maximum absolute atomic E-state index is 12.4. The molecule has 0 spiro atoms. The van der Waals surface area contributed by atoms with Crippen molar-refractivity contribution in [3.05, 3.63) is 53.6 Å². The van der Waals surface area contributed by atoms with E-state index in [1.807, 2.05) is 47.4 Å². The van der Waals surface area contributed by atoms with Gasteiger partial charge in [-0.15, -0.1) is 11.8 Å². The summed E-state index contributed by atoms with van der Waals surface area (Å²) in [5.41, 5.74) is 1.68. The normalized spacial score (nSPS) is 15.2. The third-order valence-electron chi connectivity index (χ3n) is 4.97. The summed E-state index contributed by atoms with van der Waals surface area (Å²) in [6.07, 6.45) is 2.17. The van der Waals surface area contributed by atoms with Crippen molar-refractivity contribution >= 4 is 23.6 Å². The molecular weight excluding hydrogens is 388 g/mol. The van der Waals surface area contributed by atoms with Crippen LogP contribution >= 0.6 is 11.8 Å². The van der Waals surface area contributed by atoms with Crippen molar-refractivity contribution in [2.24, 2.45) is 0 Å². The number of ether oxygens (including phenoxy) is 2. The monoisotopic (exact) mass is 412 g/mol. The number of nitrogens with zero attached hydrogens (tertiary/aromatic N) is 1. The lowest BCUT2D eigenvalue weighted by Crippen LogP contribution is -2.27. The number of benzene rings is 2. The van der Waals surface area contributed by atoms with E-state index in [0.29, 0.717) is 31.1 Å². The molecule has 2 amide bonds.